The van der Waals surface area contributed by atoms with Crippen molar-refractivity contribution in [1.29, 1.82) is 0 Å². The Bertz CT molecular complexity index is 978. The summed E-state index contributed by atoms with van der Waals surface area (Å²) < 4.78 is 23.4. The van der Waals surface area contributed by atoms with E-state index >= 15 is 0 Å². The van der Waals surface area contributed by atoms with E-state index in [4.69, 9.17) is 5.14 Å². The maximum Gasteiger partial charge on any atom is 0.254 e. The van der Waals surface area contributed by atoms with Crippen LogP contribution in [0.2, 0.25) is 0 Å². The third-order valence-corrected chi connectivity index (χ3v) is 6.28. The molecule has 0 atom stereocenters. The fraction of sp³-hybridized carbons (Fsp3) is 0.350. The highest BCUT2D eigenvalue weighted by Gasteiger charge is 2.24. The highest BCUT2D eigenvalue weighted by atomic mass is 32.2. The smallest absolute Gasteiger partial charge is 0.254 e. The topological polar surface area (TPSA) is 83.7 Å². The third-order valence-electron chi connectivity index (χ3n) is 5.23. The summed E-state index contributed by atoms with van der Waals surface area (Å²) in [6.07, 6.45) is 0. The van der Waals surface area contributed by atoms with Gasteiger partial charge in [0.2, 0.25) is 10.0 Å². The van der Waals surface area contributed by atoms with Crippen LogP contribution in [0.15, 0.2) is 41.3 Å². The van der Waals surface area contributed by atoms with Crippen LogP contribution in [0.25, 0.3) is 0 Å². The first-order chi connectivity index (χ1) is 12.7. The number of carbonyl (C=O) groups is 1. The van der Waals surface area contributed by atoms with E-state index in [0.717, 1.165) is 13.1 Å². The molecular formula is C20H25N3O3S. The molecule has 1 fully saturated rings. The number of hydrogen-bond acceptors (Lipinski definition) is 4. The molecule has 2 aromatic carbocycles. The standard InChI is InChI=1S/C20H25N3O3S/c1-14-5-4-6-18(16(14)3)22-9-11-23(12-10-22)20(24)17-8-7-15(2)19(13-17)27(21,25)26/h4-8,13H,9-12H2,1-3H3,(H2,21,25,26). The number of aryl methyl sites for hydroxylation is 2. The number of rotatable bonds is 3. The Labute approximate surface area is 160 Å². The lowest BCUT2D eigenvalue weighted by Gasteiger charge is -2.37. The summed E-state index contributed by atoms with van der Waals surface area (Å²) in [6.45, 7) is 8.53. The second-order valence-electron chi connectivity index (χ2n) is 7.02. The predicted molar refractivity (Wildman–Crippen MR) is 107 cm³/mol. The van der Waals surface area contributed by atoms with Gasteiger partial charge in [-0.3, -0.25) is 4.79 Å². The van der Waals surface area contributed by atoms with Crippen molar-refractivity contribution in [1.82, 2.24) is 4.90 Å². The fourth-order valence-electron chi connectivity index (χ4n) is 3.45. The van der Waals surface area contributed by atoms with Crippen LogP contribution >= 0.6 is 0 Å². The third kappa shape index (κ3) is 3.99. The van der Waals surface area contributed by atoms with E-state index in [1.165, 1.54) is 22.9 Å². The zero-order valence-electron chi connectivity index (χ0n) is 15.9. The van der Waals surface area contributed by atoms with Gasteiger partial charge in [0.05, 0.1) is 4.90 Å². The summed E-state index contributed by atoms with van der Waals surface area (Å²) in [5, 5.41) is 5.25. The monoisotopic (exact) mass is 387 g/mol. The Hall–Kier alpha value is -2.38. The van der Waals surface area contributed by atoms with Crippen molar-refractivity contribution >= 4 is 21.6 Å². The molecular weight excluding hydrogens is 362 g/mol. The Morgan fingerprint density at radius 3 is 2.26 bits per heavy atom. The van der Waals surface area contributed by atoms with Crippen LogP contribution in [-0.2, 0) is 10.0 Å². The first-order valence-electron chi connectivity index (χ1n) is 8.92. The van der Waals surface area contributed by atoms with Crippen molar-refractivity contribution in [2.24, 2.45) is 5.14 Å². The molecule has 1 aliphatic rings. The molecule has 0 spiro atoms. The molecule has 2 N–H and O–H groups in total. The van der Waals surface area contributed by atoms with Crippen molar-refractivity contribution < 1.29 is 13.2 Å². The lowest BCUT2D eigenvalue weighted by molar-refractivity contribution is 0.0746. The normalized spacial score (nSPS) is 15.1. The minimum Gasteiger partial charge on any atom is -0.368 e. The maximum absolute atomic E-state index is 12.8. The Kier molecular flexibility index (Phi) is 5.26. The second kappa shape index (κ2) is 7.32. The molecule has 1 amide bonds. The van der Waals surface area contributed by atoms with Gasteiger partial charge in [-0.1, -0.05) is 18.2 Å². The van der Waals surface area contributed by atoms with Crippen LogP contribution in [0.1, 0.15) is 27.0 Å². The molecule has 0 unspecified atom stereocenters. The highest BCUT2D eigenvalue weighted by Crippen LogP contribution is 2.24. The van der Waals surface area contributed by atoms with E-state index in [1.807, 2.05) is 0 Å². The largest absolute Gasteiger partial charge is 0.368 e. The summed E-state index contributed by atoms with van der Waals surface area (Å²) in [6, 6.07) is 10.9. The Morgan fingerprint density at radius 1 is 0.963 bits per heavy atom. The molecule has 0 radical (unpaired) electrons. The van der Waals surface area contributed by atoms with E-state index < -0.39 is 10.0 Å². The van der Waals surface area contributed by atoms with Crippen LogP contribution in [0, 0.1) is 20.8 Å². The quantitative estimate of drug-likeness (QED) is 0.875. The number of nitrogens with two attached hydrogens (primary N) is 1. The number of hydrogen-bond donors (Lipinski definition) is 1. The first kappa shape index (κ1) is 19.4. The molecule has 1 heterocycles. The SMILES string of the molecule is Cc1ccc(C(=O)N2CCN(c3cccc(C)c3C)CC2)cc1S(N)(=O)=O. The van der Waals surface area contributed by atoms with E-state index in [2.05, 4.69) is 36.9 Å². The summed E-state index contributed by atoms with van der Waals surface area (Å²) in [5.74, 6) is -0.166. The molecule has 0 bridgehead atoms. The average Bonchev–Trinajstić information content (AvgIpc) is 2.63. The highest BCUT2D eigenvalue weighted by molar-refractivity contribution is 7.89. The molecule has 3 rings (SSSR count). The zero-order chi connectivity index (χ0) is 19.8. The lowest BCUT2D eigenvalue weighted by atomic mass is 10.1. The number of piperazine rings is 1. The van der Waals surface area contributed by atoms with Gasteiger partial charge in [0, 0.05) is 37.4 Å². The summed E-state index contributed by atoms with van der Waals surface area (Å²) in [4.78, 5) is 16.9. The number of benzene rings is 2. The molecule has 1 aliphatic heterocycles. The molecule has 2 aromatic rings. The molecule has 0 saturated carbocycles. The van der Waals surface area contributed by atoms with Crippen LogP contribution < -0.4 is 10.0 Å². The van der Waals surface area contributed by atoms with Crippen LogP contribution in [-0.4, -0.2) is 45.4 Å². The number of sulfonamides is 1. The van der Waals surface area contributed by atoms with Crippen molar-refractivity contribution in [2.75, 3.05) is 31.1 Å². The number of nitrogens with zero attached hydrogens (tertiary/aromatic N) is 2. The number of amides is 1. The molecule has 1 saturated heterocycles. The van der Waals surface area contributed by atoms with E-state index in [0.29, 0.717) is 24.2 Å². The molecule has 27 heavy (non-hydrogen) atoms. The van der Waals surface area contributed by atoms with Crippen molar-refractivity contribution in [3.05, 3.63) is 58.7 Å². The van der Waals surface area contributed by atoms with Crippen molar-refractivity contribution in [3.8, 4) is 0 Å². The Balaban J connectivity index is 1.75. The Morgan fingerprint density at radius 2 is 1.63 bits per heavy atom. The van der Waals surface area contributed by atoms with E-state index in [1.54, 1.807) is 24.0 Å². The molecule has 0 aromatic heterocycles. The van der Waals surface area contributed by atoms with Gasteiger partial charge >= 0.3 is 0 Å². The van der Waals surface area contributed by atoms with Gasteiger partial charge in [-0.25, -0.2) is 13.6 Å². The molecule has 6 nitrogen and oxygen atoms in total. The fourth-order valence-corrected chi connectivity index (χ4v) is 4.26. The minimum absolute atomic E-state index is 0.00220. The number of primary sulfonamides is 1. The lowest BCUT2D eigenvalue weighted by Crippen LogP contribution is -2.49. The summed E-state index contributed by atoms with van der Waals surface area (Å²) in [5.41, 5.74) is 4.60. The van der Waals surface area contributed by atoms with Gasteiger partial charge in [-0.2, -0.15) is 0 Å². The van der Waals surface area contributed by atoms with Gasteiger partial charge in [0.1, 0.15) is 0 Å². The van der Waals surface area contributed by atoms with Crippen molar-refractivity contribution in [3.63, 3.8) is 0 Å². The number of anilines is 1. The average molecular weight is 388 g/mol. The summed E-state index contributed by atoms with van der Waals surface area (Å²) in [7, 11) is -3.85. The second-order valence-corrected chi connectivity index (χ2v) is 8.55. The minimum atomic E-state index is -3.85. The molecule has 144 valence electrons. The zero-order valence-corrected chi connectivity index (χ0v) is 16.7. The van der Waals surface area contributed by atoms with Gasteiger partial charge in [-0.05, 0) is 55.7 Å². The van der Waals surface area contributed by atoms with Gasteiger partial charge in [-0.15, -0.1) is 0 Å². The van der Waals surface area contributed by atoms with Gasteiger partial charge in [0.25, 0.3) is 5.91 Å². The van der Waals surface area contributed by atoms with Crippen LogP contribution in [0.3, 0.4) is 0 Å². The molecule has 0 aliphatic carbocycles. The summed E-state index contributed by atoms with van der Waals surface area (Å²) >= 11 is 0. The van der Waals surface area contributed by atoms with E-state index in [9.17, 15) is 13.2 Å². The van der Waals surface area contributed by atoms with Gasteiger partial charge < -0.3 is 9.80 Å². The van der Waals surface area contributed by atoms with Gasteiger partial charge in [0.15, 0.2) is 0 Å². The predicted octanol–water partition coefficient (Wildman–Crippen LogP) is 2.22. The maximum atomic E-state index is 12.8. The van der Waals surface area contributed by atoms with Crippen molar-refractivity contribution in [2.45, 2.75) is 25.7 Å². The van der Waals surface area contributed by atoms with Crippen LogP contribution in [0.4, 0.5) is 5.69 Å². The molecule has 7 heteroatoms. The first-order valence-corrected chi connectivity index (χ1v) is 10.5. The number of carbonyl (C=O) groups excluding carboxylic acids is 1. The van der Waals surface area contributed by atoms with Crippen LogP contribution in [0.5, 0.6) is 0 Å². The van der Waals surface area contributed by atoms with E-state index in [-0.39, 0.29) is 10.8 Å².